The molecule has 7 heteroatoms. The first-order chi connectivity index (χ1) is 14.6. The van der Waals surface area contributed by atoms with Crippen molar-refractivity contribution in [2.24, 2.45) is 5.92 Å². The first-order valence-electron chi connectivity index (χ1n) is 10.6. The van der Waals surface area contributed by atoms with Gasteiger partial charge < -0.3 is 15.5 Å². The predicted molar refractivity (Wildman–Crippen MR) is 124 cm³/mol. The van der Waals surface area contributed by atoms with E-state index < -0.39 is 0 Å². The number of anilines is 2. The Balaban J connectivity index is 1.29. The van der Waals surface area contributed by atoms with Gasteiger partial charge in [-0.15, -0.1) is 11.3 Å². The maximum Gasteiger partial charge on any atom is 0.225 e. The number of hydrogen-bond acceptors (Lipinski definition) is 6. The SMILES string of the molecule is CN(C)c1nc(NC2CCC(CNC(=O)Cc3cccs3)CC2)nc2ccccc12. The van der Waals surface area contributed by atoms with Crippen LogP contribution in [-0.4, -0.2) is 42.6 Å². The van der Waals surface area contributed by atoms with Crippen LogP contribution in [0.2, 0.25) is 0 Å². The Morgan fingerprint density at radius 1 is 1.10 bits per heavy atom. The highest BCUT2D eigenvalue weighted by Gasteiger charge is 2.22. The van der Waals surface area contributed by atoms with Crippen LogP contribution in [0.25, 0.3) is 10.9 Å². The molecule has 3 aromatic rings. The lowest BCUT2D eigenvalue weighted by atomic mass is 9.86. The molecule has 1 saturated carbocycles. The lowest BCUT2D eigenvalue weighted by Crippen LogP contribution is -2.34. The van der Waals surface area contributed by atoms with Crippen molar-refractivity contribution in [1.82, 2.24) is 15.3 Å². The van der Waals surface area contributed by atoms with Crippen molar-refractivity contribution in [3.63, 3.8) is 0 Å². The molecule has 1 amide bonds. The number of aromatic nitrogens is 2. The second kappa shape index (κ2) is 9.43. The van der Waals surface area contributed by atoms with Crippen LogP contribution in [-0.2, 0) is 11.2 Å². The summed E-state index contributed by atoms with van der Waals surface area (Å²) in [7, 11) is 4.02. The summed E-state index contributed by atoms with van der Waals surface area (Å²) in [6, 6.07) is 12.5. The van der Waals surface area contributed by atoms with E-state index in [4.69, 9.17) is 9.97 Å². The van der Waals surface area contributed by atoms with Gasteiger partial charge in [0.2, 0.25) is 11.9 Å². The Morgan fingerprint density at radius 3 is 2.63 bits per heavy atom. The number of rotatable bonds is 7. The molecule has 1 aromatic carbocycles. The number of carbonyl (C=O) groups is 1. The van der Waals surface area contributed by atoms with E-state index in [-0.39, 0.29) is 5.91 Å². The minimum atomic E-state index is 0.124. The maximum absolute atomic E-state index is 12.1. The number of nitrogens with zero attached hydrogens (tertiary/aromatic N) is 3. The smallest absolute Gasteiger partial charge is 0.225 e. The zero-order chi connectivity index (χ0) is 20.9. The molecule has 1 aliphatic rings. The van der Waals surface area contributed by atoms with Gasteiger partial charge in [0.1, 0.15) is 5.82 Å². The fourth-order valence-corrected chi connectivity index (χ4v) is 4.75. The highest BCUT2D eigenvalue weighted by molar-refractivity contribution is 7.10. The second-order valence-corrected chi connectivity index (χ2v) is 9.24. The molecule has 2 aromatic heterocycles. The average Bonchev–Trinajstić information content (AvgIpc) is 3.25. The summed E-state index contributed by atoms with van der Waals surface area (Å²) in [6.07, 6.45) is 4.83. The summed E-state index contributed by atoms with van der Waals surface area (Å²) in [4.78, 5) is 24.7. The summed E-state index contributed by atoms with van der Waals surface area (Å²) in [6.45, 7) is 0.772. The van der Waals surface area contributed by atoms with Crippen molar-refractivity contribution in [2.75, 3.05) is 30.9 Å². The monoisotopic (exact) mass is 423 g/mol. The predicted octanol–water partition coefficient (Wildman–Crippen LogP) is 4.09. The molecule has 2 heterocycles. The number of para-hydroxylation sites is 1. The Bertz CT molecular complexity index is 980. The number of nitrogens with one attached hydrogen (secondary N) is 2. The highest BCUT2D eigenvalue weighted by Crippen LogP contribution is 2.28. The van der Waals surface area contributed by atoms with E-state index in [1.165, 1.54) is 0 Å². The fourth-order valence-electron chi connectivity index (χ4n) is 4.05. The number of thiophene rings is 1. The largest absolute Gasteiger partial charge is 0.362 e. The van der Waals surface area contributed by atoms with Crippen LogP contribution in [0.15, 0.2) is 41.8 Å². The first-order valence-corrected chi connectivity index (χ1v) is 11.5. The number of fused-ring (bicyclic) bond motifs is 1. The van der Waals surface area contributed by atoms with Crippen molar-refractivity contribution in [3.05, 3.63) is 46.7 Å². The molecule has 0 atom stereocenters. The lowest BCUT2D eigenvalue weighted by molar-refractivity contribution is -0.120. The van der Waals surface area contributed by atoms with Crippen LogP contribution >= 0.6 is 11.3 Å². The third-order valence-electron chi connectivity index (χ3n) is 5.69. The molecule has 1 fully saturated rings. The first kappa shape index (κ1) is 20.6. The molecular formula is C23H29N5OS. The number of hydrogen-bond donors (Lipinski definition) is 2. The molecule has 0 spiro atoms. The number of carbonyl (C=O) groups excluding carboxylic acids is 1. The van der Waals surface area contributed by atoms with Gasteiger partial charge in [-0.3, -0.25) is 4.79 Å². The van der Waals surface area contributed by atoms with E-state index in [0.29, 0.717) is 24.3 Å². The molecule has 158 valence electrons. The van der Waals surface area contributed by atoms with E-state index >= 15 is 0 Å². The van der Waals surface area contributed by atoms with E-state index in [1.54, 1.807) is 11.3 Å². The van der Waals surface area contributed by atoms with Crippen molar-refractivity contribution < 1.29 is 4.79 Å². The molecule has 0 radical (unpaired) electrons. The maximum atomic E-state index is 12.1. The van der Waals surface area contributed by atoms with Gasteiger partial charge in [0.05, 0.1) is 11.9 Å². The van der Waals surface area contributed by atoms with E-state index in [2.05, 4.69) is 16.7 Å². The van der Waals surface area contributed by atoms with Gasteiger partial charge in [0.15, 0.2) is 0 Å². The van der Waals surface area contributed by atoms with Gasteiger partial charge in [0.25, 0.3) is 0 Å². The fraction of sp³-hybridized carbons (Fsp3) is 0.435. The zero-order valence-electron chi connectivity index (χ0n) is 17.6. The molecule has 0 saturated heterocycles. The van der Waals surface area contributed by atoms with Gasteiger partial charge >= 0.3 is 0 Å². The molecule has 1 aliphatic carbocycles. The van der Waals surface area contributed by atoms with Crippen LogP contribution in [0.1, 0.15) is 30.6 Å². The summed E-state index contributed by atoms with van der Waals surface area (Å²) in [5, 5.41) is 9.74. The Kier molecular flexibility index (Phi) is 6.47. The number of benzene rings is 1. The van der Waals surface area contributed by atoms with Crippen LogP contribution in [0.3, 0.4) is 0 Å². The molecule has 4 rings (SSSR count). The highest BCUT2D eigenvalue weighted by atomic mass is 32.1. The van der Waals surface area contributed by atoms with E-state index in [1.807, 2.05) is 54.7 Å². The summed E-state index contributed by atoms with van der Waals surface area (Å²) in [5.41, 5.74) is 0.959. The summed E-state index contributed by atoms with van der Waals surface area (Å²) >= 11 is 1.63. The normalized spacial score (nSPS) is 18.9. The van der Waals surface area contributed by atoms with Gasteiger partial charge in [0, 0.05) is 36.9 Å². The van der Waals surface area contributed by atoms with Crippen molar-refractivity contribution in [1.29, 1.82) is 0 Å². The molecular weight excluding hydrogens is 394 g/mol. The number of amides is 1. The lowest BCUT2D eigenvalue weighted by Gasteiger charge is -2.29. The Hall–Kier alpha value is -2.67. The van der Waals surface area contributed by atoms with Gasteiger partial charge in [-0.1, -0.05) is 18.2 Å². The van der Waals surface area contributed by atoms with Gasteiger partial charge in [-0.25, -0.2) is 4.98 Å². The molecule has 0 aliphatic heterocycles. The standard InChI is InChI=1S/C23H29N5OS/c1-28(2)22-19-7-3-4-8-20(19)26-23(27-22)25-17-11-9-16(10-12-17)15-24-21(29)14-18-6-5-13-30-18/h3-8,13,16-17H,9-12,14-15H2,1-2H3,(H,24,29)(H,25,26,27). The van der Waals surface area contributed by atoms with Crippen LogP contribution in [0.4, 0.5) is 11.8 Å². The third-order valence-corrected chi connectivity index (χ3v) is 6.57. The molecule has 30 heavy (non-hydrogen) atoms. The van der Waals surface area contributed by atoms with Crippen LogP contribution in [0, 0.1) is 5.92 Å². The summed E-state index contributed by atoms with van der Waals surface area (Å²) < 4.78 is 0. The molecule has 6 nitrogen and oxygen atoms in total. The minimum absolute atomic E-state index is 0.124. The zero-order valence-corrected chi connectivity index (χ0v) is 18.4. The third kappa shape index (κ3) is 5.08. The van der Waals surface area contributed by atoms with Crippen LogP contribution < -0.4 is 15.5 Å². The van der Waals surface area contributed by atoms with Gasteiger partial charge in [-0.05, 0) is 55.2 Å². The van der Waals surface area contributed by atoms with Crippen LogP contribution in [0.5, 0.6) is 0 Å². The molecule has 2 N–H and O–H groups in total. The van der Waals surface area contributed by atoms with Crippen molar-refractivity contribution in [3.8, 4) is 0 Å². The Labute approximate surface area is 181 Å². The van der Waals surface area contributed by atoms with Gasteiger partial charge in [-0.2, -0.15) is 4.98 Å². The summed E-state index contributed by atoms with van der Waals surface area (Å²) in [5.74, 6) is 2.30. The second-order valence-electron chi connectivity index (χ2n) is 8.20. The van der Waals surface area contributed by atoms with E-state index in [9.17, 15) is 4.79 Å². The Morgan fingerprint density at radius 2 is 1.90 bits per heavy atom. The topological polar surface area (TPSA) is 70.2 Å². The molecule has 0 unspecified atom stereocenters. The molecule has 0 bridgehead atoms. The van der Waals surface area contributed by atoms with Crippen molar-refractivity contribution in [2.45, 2.75) is 38.1 Å². The minimum Gasteiger partial charge on any atom is -0.362 e. The average molecular weight is 424 g/mol. The quantitative estimate of drug-likeness (QED) is 0.599. The van der Waals surface area contributed by atoms with E-state index in [0.717, 1.165) is 53.8 Å². The van der Waals surface area contributed by atoms with Crippen molar-refractivity contribution >= 4 is 39.9 Å².